The molecule has 10 nitrogen and oxygen atoms in total. The van der Waals surface area contributed by atoms with E-state index < -0.39 is 29.4 Å². The minimum atomic E-state index is -1.15. The summed E-state index contributed by atoms with van der Waals surface area (Å²) in [6, 6.07) is 29.8. The minimum Gasteiger partial charge on any atom is -0.493 e. The Hall–Kier alpha value is -5.87. The van der Waals surface area contributed by atoms with E-state index >= 15 is 0 Å². The zero-order valence-corrected chi connectivity index (χ0v) is 37.6. The highest BCUT2D eigenvalue weighted by atomic mass is 35.5. The molecule has 334 valence electrons. The van der Waals surface area contributed by atoms with Crippen molar-refractivity contribution in [2.45, 2.75) is 108 Å². The lowest BCUT2D eigenvalue weighted by Crippen LogP contribution is -2.53. The Labute approximate surface area is 380 Å². The number of aromatic nitrogens is 1. The average Bonchev–Trinajstić information content (AvgIpc) is 3.57. The van der Waals surface area contributed by atoms with E-state index in [1.165, 1.54) is 16.7 Å². The number of benzene rings is 4. The van der Waals surface area contributed by atoms with Gasteiger partial charge in [-0.15, -0.1) is 0 Å². The molecule has 0 bridgehead atoms. The van der Waals surface area contributed by atoms with Gasteiger partial charge in [-0.2, -0.15) is 0 Å². The van der Waals surface area contributed by atoms with Crippen LogP contribution in [0.2, 0.25) is 5.02 Å². The van der Waals surface area contributed by atoms with E-state index in [4.69, 9.17) is 21.1 Å². The van der Waals surface area contributed by atoms with Gasteiger partial charge in [-0.05, 0) is 158 Å². The van der Waals surface area contributed by atoms with Crippen molar-refractivity contribution in [2.24, 2.45) is 11.8 Å². The molecule has 3 aliphatic carbocycles. The molecule has 0 saturated heterocycles. The summed E-state index contributed by atoms with van der Waals surface area (Å²) in [6.07, 6.45) is 9.38. The number of aryl methyl sites for hydroxylation is 2. The largest absolute Gasteiger partial charge is 0.493 e. The van der Waals surface area contributed by atoms with Crippen LogP contribution < -0.4 is 20.1 Å². The first-order chi connectivity index (χ1) is 30.8. The Kier molecular flexibility index (Phi) is 13.3. The first-order valence-corrected chi connectivity index (χ1v) is 23.0. The molecular formula is C53H58ClN3O7. The number of amides is 1. The SMILES string of the molecule is Cc1ccc(OCC(=O)N[C@H](Cc2ccccc2)C(=O)O)cc1-c1ccc2c(c1)C1(CCC(Nc3cccc(Cl)c3)(C(=O)O)CC1)C(C[C@@H](C)COc1ccnc3c1[C@H](C)CCC3)C2. The number of carboxylic acids is 2. The Balaban J connectivity index is 1.03. The van der Waals surface area contributed by atoms with Crippen LogP contribution in [0.4, 0.5) is 5.69 Å². The maximum Gasteiger partial charge on any atom is 0.329 e. The third kappa shape index (κ3) is 9.63. The van der Waals surface area contributed by atoms with Crippen molar-refractivity contribution in [3.63, 3.8) is 0 Å². The fourth-order valence-corrected chi connectivity index (χ4v) is 10.9. The molecule has 1 spiro atoms. The molecule has 11 heteroatoms. The van der Waals surface area contributed by atoms with Crippen LogP contribution >= 0.6 is 11.6 Å². The summed E-state index contributed by atoms with van der Waals surface area (Å²) >= 11 is 6.34. The van der Waals surface area contributed by atoms with E-state index in [1.807, 2.05) is 79.9 Å². The maximum atomic E-state index is 13.2. The van der Waals surface area contributed by atoms with E-state index in [9.17, 15) is 24.6 Å². The van der Waals surface area contributed by atoms with Gasteiger partial charge in [0.2, 0.25) is 0 Å². The number of pyridine rings is 1. The molecule has 5 aromatic rings. The van der Waals surface area contributed by atoms with Gasteiger partial charge in [0.15, 0.2) is 6.61 Å². The molecule has 4 aromatic carbocycles. The van der Waals surface area contributed by atoms with E-state index in [-0.39, 0.29) is 30.3 Å². The summed E-state index contributed by atoms with van der Waals surface area (Å²) < 4.78 is 12.6. The smallest absolute Gasteiger partial charge is 0.329 e. The molecule has 4 atom stereocenters. The second-order valence-electron chi connectivity index (χ2n) is 18.5. The number of ether oxygens (including phenoxy) is 2. The Morgan fingerprint density at radius 3 is 2.47 bits per heavy atom. The van der Waals surface area contributed by atoms with Gasteiger partial charge in [0, 0.05) is 34.6 Å². The minimum absolute atomic E-state index is 0.159. The molecule has 64 heavy (non-hydrogen) atoms. The number of hydrogen-bond donors (Lipinski definition) is 4. The number of anilines is 1. The van der Waals surface area contributed by atoms with Crippen LogP contribution in [0.5, 0.6) is 11.5 Å². The molecule has 0 radical (unpaired) electrons. The van der Waals surface area contributed by atoms with Crippen molar-refractivity contribution in [3.8, 4) is 22.6 Å². The highest BCUT2D eigenvalue weighted by molar-refractivity contribution is 6.30. The average molecular weight is 885 g/mol. The molecule has 0 aliphatic heterocycles. The first kappa shape index (κ1) is 44.7. The van der Waals surface area contributed by atoms with Crippen LogP contribution in [0, 0.1) is 18.8 Å². The van der Waals surface area contributed by atoms with Gasteiger partial charge in [0.05, 0.1) is 6.61 Å². The molecule has 3 aliphatic rings. The lowest BCUT2D eigenvalue weighted by atomic mass is 9.59. The van der Waals surface area contributed by atoms with Crippen LogP contribution in [-0.4, -0.2) is 57.8 Å². The topological polar surface area (TPSA) is 147 Å². The molecule has 1 unspecified atom stereocenters. The second-order valence-corrected chi connectivity index (χ2v) is 18.9. The van der Waals surface area contributed by atoms with Crippen molar-refractivity contribution in [3.05, 3.63) is 142 Å². The molecule has 8 rings (SSSR count). The van der Waals surface area contributed by atoms with Crippen molar-refractivity contribution < 1.29 is 34.1 Å². The zero-order chi connectivity index (χ0) is 45.0. The summed E-state index contributed by atoms with van der Waals surface area (Å²) in [5, 5.41) is 27.2. The van der Waals surface area contributed by atoms with Gasteiger partial charge in [0.1, 0.15) is 23.1 Å². The summed E-state index contributed by atoms with van der Waals surface area (Å²) in [5.74, 6) is -0.132. The molecule has 1 saturated carbocycles. The summed E-state index contributed by atoms with van der Waals surface area (Å²) in [6.45, 7) is 6.83. The quantitative estimate of drug-likeness (QED) is 0.0760. The number of nitrogens with zero attached hydrogens (tertiary/aromatic N) is 1. The number of nitrogens with one attached hydrogen (secondary N) is 2. The third-order valence-corrected chi connectivity index (χ3v) is 14.3. The predicted octanol–water partition coefficient (Wildman–Crippen LogP) is 10.4. The number of hydrogen-bond acceptors (Lipinski definition) is 7. The third-order valence-electron chi connectivity index (χ3n) is 14.1. The zero-order valence-electron chi connectivity index (χ0n) is 36.9. The highest BCUT2D eigenvalue weighted by Crippen LogP contribution is 2.57. The maximum absolute atomic E-state index is 13.2. The van der Waals surface area contributed by atoms with Crippen molar-refractivity contribution in [1.82, 2.24) is 10.3 Å². The highest BCUT2D eigenvalue weighted by Gasteiger charge is 2.54. The molecule has 1 aromatic heterocycles. The van der Waals surface area contributed by atoms with Gasteiger partial charge in [-0.3, -0.25) is 9.78 Å². The van der Waals surface area contributed by atoms with Gasteiger partial charge < -0.3 is 30.3 Å². The molecular weight excluding hydrogens is 826 g/mol. The van der Waals surface area contributed by atoms with E-state index in [2.05, 4.69) is 47.7 Å². The molecule has 4 N–H and O–H groups in total. The lowest BCUT2D eigenvalue weighted by Gasteiger charge is -2.47. The monoisotopic (exact) mass is 883 g/mol. The lowest BCUT2D eigenvalue weighted by molar-refractivity contribution is -0.144. The van der Waals surface area contributed by atoms with Gasteiger partial charge in [0.25, 0.3) is 5.91 Å². The summed E-state index contributed by atoms with van der Waals surface area (Å²) in [4.78, 5) is 42.9. The van der Waals surface area contributed by atoms with Crippen molar-refractivity contribution >= 4 is 35.1 Å². The van der Waals surface area contributed by atoms with E-state index in [0.29, 0.717) is 54.7 Å². The van der Waals surface area contributed by atoms with Gasteiger partial charge in [-0.1, -0.05) is 86.1 Å². The summed E-state index contributed by atoms with van der Waals surface area (Å²) in [5.41, 5.74) is 8.06. The van der Waals surface area contributed by atoms with Gasteiger partial charge in [-0.25, -0.2) is 9.59 Å². The number of carbonyl (C=O) groups excluding carboxylic acids is 1. The predicted molar refractivity (Wildman–Crippen MR) is 249 cm³/mol. The van der Waals surface area contributed by atoms with Crippen molar-refractivity contribution in [1.29, 1.82) is 0 Å². The standard InChI is InChI=1S/C53H58ClN3O7/c1-33(31-64-47-19-24-55-45-14-7-9-35(3)49(45)47)25-39-27-38-17-16-37(28-44(38)52(39)20-22-53(23-21-52,51(61)62)57-41-13-8-12-40(54)29-41)43-30-42(18-15-34(43)2)63-32-48(58)56-46(50(59)60)26-36-10-5-4-6-11-36/h4-6,8,10-13,15-19,24,28-30,33,35,39,46,57H,7,9,14,20-23,25-27,31-32H2,1-3H3,(H,56,58)(H,59,60)(H,61,62)/t33-,35-,39?,46-,52?,53?/m1/s1. The van der Waals surface area contributed by atoms with E-state index in [0.717, 1.165) is 65.8 Å². The second kappa shape index (κ2) is 19.1. The number of aliphatic carboxylic acids is 2. The fraction of sp³-hybridized carbons (Fsp3) is 0.396. The molecule has 1 amide bonds. The van der Waals surface area contributed by atoms with Crippen LogP contribution in [0.3, 0.4) is 0 Å². The Morgan fingerprint density at radius 2 is 1.72 bits per heavy atom. The van der Waals surface area contributed by atoms with Crippen LogP contribution in [0.1, 0.15) is 98.2 Å². The molecule has 1 heterocycles. The number of halogens is 1. The molecule has 1 fully saturated rings. The van der Waals surface area contributed by atoms with Crippen LogP contribution in [-0.2, 0) is 39.1 Å². The number of carboxylic acid groups (broad SMARTS) is 2. The Bertz CT molecular complexity index is 2500. The van der Waals surface area contributed by atoms with Crippen LogP contribution in [0.25, 0.3) is 11.1 Å². The first-order valence-electron chi connectivity index (χ1n) is 22.6. The Morgan fingerprint density at radius 1 is 0.922 bits per heavy atom. The van der Waals surface area contributed by atoms with E-state index in [1.54, 1.807) is 12.1 Å². The number of rotatable bonds is 16. The normalized spacial score (nSPS) is 22.1. The number of fused-ring (bicyclic) bond motifs is 3. The summed E-state index contributed by atoms with van der Waals surface area (Å²) in [7, 11) is 0. The number of carbonyl (C=O) groups is 3. The van der Waals surface area contributed by atoms with Crippen LogP contribution in [0.15, 0.2) is 103 Å². The van der Waals surface area contributed by atoms with Crippen molar-refractivity contribution in [2.75, 3.05) is 18.5 Å². The fourth-order valence-electron chi connectivity index (χ4n) is 10.7. The van der Waals surface area contributed by atoms with Gasteiger partial charge >= 0.3 is 11.9 Å².